The third kappa shape index (κ3) is 4.36. The molecule has 1 fully saturated rings. The maximum absolute atomic E-state index is 13.5. The summed E-state index contributed by atoms with van der Waals surface area (Å²) in [4.78, 5) is 31.4. The number of halogens is 1. The van der Waals surface area contributed by atoms with Gasteiger partial charge in [-0.2, -0.15) is 0 Å². The van der Waals surface area contributed by atoms with Crippen molar-refractivity contribution in [2.24, 2.45) is 22.1 Å². The molecule has 1 aliphatic heterocycles. The van der Waals surface area contributed by atoms with Crippen LogP contribution < -0.4 is 5.73 Å². The Balaban J connectivity index is 2.20. The van der Waals surface area contributed by atoms with Crippen molar-refractivity contribution in [3.05, 3.63) is 46.1 Å². The number of benzene rings is 1. The van der Waals surface area contributed by atoms with E-state index in [1.165, 1.54) is 0 Å². The molecule has 7 heteroatoms. The van der Waals surface area contributed by atoms with Gasteiger partial charge >= 0.3 is 5.97 Å². The summed E-state index contributed by atoms with van der Waals surface area (Å²) >= 11 is 6.56. The van der Waals surface area contributed by atoms with Crippen LogP contribution in [0.1, 0.15) is 45.1 Å². The monoisotopic (exact) mass is 432 g/mol. The van der Waals surface area contributed by atoms with Crippen LogP contribution in [-0.4, -0.2) is 43.8 Å². The van der Waals surface area contributed by atoms with Crippen molar-refractivity contribution in [1.82, 2.24) is 0 Å². The highest BCUT2D eigenvalue weighted by molar-refractivity contribution is 6.31. The van der Waals surface area contributed by atoms with Crippen molar-refractivity contribution in [2.75, 3.05) is 26.4 Å². The fraction of sp³-hybridized carbons (Fsp3) is 0.522. The number of nitrogens with zero attached hydrogens (tertiary/aromatic N) is 1. The van der Waals surface area contributed by atoms with Crippen LogP contribution in [0.4, 0.5) is 0 Å². The zero-order valence-electron chi connectivity index (χ0n) is 17.7. The minimum atomic E-state index is -0.561. The molecule has 1 heterocycles. The fourth-order valence-corrected chi connectivity index (χ4v) is 4.47. The van der Waals surface area contributed by atoms with Gasteiger partial charge in [-0.1, -0.05) is 43.6 Å². The van der Waals surface area contributed by atoms with Gasteiger partial charge in [0.05, 0.1) is 37.0 Å². The molecule has 1 aromatic rings. The average molecular weight is 433 g/mol. The lowest BCUT2D eigenvalue weighted by molar-refractivity contribution is -0.139. The summed E-state index contributed by atoms with van der Waals surface area (Å²) in [6.45, 7) is 6.69. The van der Waals surface area contributed by atoms with Crippen LogP contribution in [0.15, 0.2) is 40.5 Å². The first kappa shape index (κ1) is 22.7. The highest BCUT2D eigenvalue weighted by atomic mass is 35.5. The fourth-order valence-electron chi connectivity index (χ4n) is 4.22. The maximum Gasteiger partial charge on any atom is 0.336 e. The molecule has 1 aromatic carbocycles. The Bertz CT molecular complexity index is 891. The molecule has 0 amide bonds. The SMILES string of the molecule is CCOC(=O)C1=C(COCCN)N=C2CCC(C)(C)C(=O)C2C1c1ccccc1Cl. The van der Waals surface area contributed by atoms with E-state index in [-0.39, 0.29) is 19.0 Å². The summed E-state index contributed by atoms with van der Waals surface area (Å²) in [7, 11) is 0. The van der Waals surface area contributed by atoms with Crippen LogP contribution in [-0.2, 0) is 19.1 Å². The van der Waals surface area contributed by atoms with Gasteiger partial charge in [0.25, 0.3) is 0 Å². The molecule has 2 unspecified atom stereocenters. The molecule has 0 radical (unpaired) electrons. The minimum absolute atomic E-state index is 0.0705. The second-order valence-electron chi connectivity index (χ2n) is 8.25. The Kier molecular flexibility index (Phi) is 7.11. The Morgan fingerprint density at radius 1 is 1.30 bits per heavy atom. The first-order valence-electron chi connectivity index (χ1n) is 10.4. The summed E-state index contributed by atoms with van der Waals surface area (Å²) in [5.74, 6) is -1.53. The van der Waals surface area contributed by atoms with Crippen molar-refractivity contribution >= 4 is 29.1 Å². The van der Waals surface area contributed by atoms with Gasteiger partial charge in [-0.05, 0) is 31.4 Å². The van der Waals surface area contributed by atoms with Crippen LogP contribution in [0.25, 0.3) is 0 Å². The molecule has 2 N–H and O–H groups in total. The lowest BCUT2D eigenvalue weighted by atomic mass is 9.62. The van der Waals surface area contributed by atoms with Crippen molar-refractivity contribution < 1.29 is 19.1 Å². The lowest BCUT2D eigenvalue weighted by Crippen LogP contribution is -2.46. The Morgan fingerprint density at radius 2 is 2.03 bits per heavy atom. The normalized spacial score (nSPS) is 23.1. The van der Waals surface area contributed by atoms with E-state index in [1.54, 1.807) is 13.0 Å². The summed E-state index contributed by atoms with van der Waals surface area (Å²) in [5, 5.41) is 0.504. The zero-order chi connectivity index (χ0) is 21.9. The molecule has 2 atom stereocenters. The highest BCUT2D eigenvalue weighted by Crippen LogP contribution is 2.48. The summed E-state index contributed by atoms with van der Waals surface area (Å²) in [5.41, 5.74) is 7.39. The standard InChI is InChI=1S/C23H29ClN2O4/c1-4-30-22(28)20-17(13-29-12-11-25)26-16-9-10-23(2,3)21(27)19(16)18(20)14-7-5-6-8-15(14)24/h5-8,18-19H,4,9-13,25H2,1-3H3. The molecule has 162 valence electrons. The molecule has 0 spiro atoms. The zero-order valence-corrected chi connectivity index (χ0v) is 18.5. The summed E-state index contributed by atoms with van der Waals surface area (Å²) in [6, 6.07) is 7.32. The third-order valence-electron chi connectivity index (χ3n) is 5.79. The van der Waals surface area contributed by atoms with Crippen molar-refractivity contribution in [3.8, 4) is 0 Å². The van der Waals surface area contributed by atoms with E-state index in [4.69, 9.17) is 31.8 Å². The van der Waals surface area contributed by atoms with Gasteiger partial charge in [-0.15, -0.1) is 0 Å². The van der Waals surface area contributed by atoms with E-state index in [1.807, 2.05) is 32.0 Å². The van der Waals surface area contributed by atoms with Gasteiger partial charge in [0.2, 0.25) is 0 Å². The Hall–Kier alpha value is -2.02. The minimum Gasteiger partial charge on any atom is -0.463 e. The highest BCUT2D eigenvalue weighted by Gasteiger charge is 2.50. The molecule has 0 bridgehead atoms. The number of ketones is 1. The van der Waals surface area contributed by atoms with E-state index >= 15 is 0 Å². The number of Topliss-reactive ketones (excluding diaryl/α,β-unsaturated/α-hetero) is 1. The van der Waals surface area contributed by atoms with Gasteiger partial charge in [-0.3, -0.25) is 9.79 Å². The number of nitrogens with two attached hydrogens (primary N) is 1. The topological polar surface area (TPSA) is 91.0 Å². The van der Waals surface area contributed by atoms with Crippen molar-refractivity contribution in [2.45, 2.75) is 39.5 Å². The number of aliphatic imine (C=N–C) groups is 1. The second kappa shape index (κ2) is 9.41. The average Bonchev–Trinajstić information content (AvgIpc) is 2.71. The maximum atomic E-state index is 13.5. The Morgan fingerprint density at radius 3 is 2.70 bits per heavy atom. The quantitative estimate of drug-likeness (QED) is 0.524. The predicted octanol–water partition coefficient (Wildman–Crippen LogP) is 3.68. The molecule has 0 saturated heterocycles. The van der Waals surface area contributed by atoms with E-state index < -0.39 is 23.2 Å². The smallest absolute Gasteiger partial charge is 0.336 e. The molecule has 3 rings (SSSR count). The second-order valence-corrected chi connectivity index (χ2v) is 8.66. The van der Waals surface area contributed by atoms with E-state index in [9.17, 15) is 9.59 Å². The van der Waals surface area contributed by atoms with Crippen LogP contribution in [0.2, 0.25) is 5.02 Å². The van der Waals surface area contributed by atoms with Crippen LogP contribution in [0.5, 0.6) is 0 Å². The van der Waals surface area contributed by atoms with E-state index in [0.29, 0.717) is 42.3 Å². The van der Waals surface area contributed by atoms with Crippen LogP contribution in [0, 0.1) is 11.3 Å². The number of esters is 1. The largest absolute Gasteiger partial charge is 0.463 e. The first-order valence-corrected chi connectivity index (χ1v) is 10.7. The molecule has 30 heavy (non-hydrogen) atoms. The van der Waals surface area contributed by atoms with E-state index in [0.717, 1.165) is 11.3 Å². The number of hydrogen-bond acceptors (Lipinski definition) is 6. The number of fused-ring (bicyclic) bond motifs is 1. The number of carbonyl (C=O) groups excluding carboxylic acids is 2. The summed E-state index contributed by atoms with van der Waals surface area (Å²) < 4.78 is 11.0. The lowest BCUT2D eigenvalue weighted by Gasteiger charge is -2.41. The molecule has 6 nitrogen and oxygen atoms in total. The van der Waals surface area contributed by atoms with Crippen molar-refractivity contribution in [3.63, 3.8) is 0 Å². The molecule has 2 aliphatic rings. The number of carbonyl (C=O) groups is 2. The van der Waals surface area contributed by atoms with Crippen LogP contribution in [0.3, 0.4) is 0 Å². The third-order valence-corrected chi connectivity index (χ3v) is 6.13. The molecule has 0 aromatic heterocycles. The number of ether oxygens (including phenoxy) is 2. The number of rotatable bonds is 7. The molecular weight excluding hydrogens is 404 g/mol. The molecule has 1 aliphatic carbocycles. The van der Waals surface area contributed by atoms with Gasteiger partial charge in [0, 0.05) is 28.6 Å². The van der Waals surface area contributed by atoms with Crippen LogP contribution >= 0.6 is 11.6 Å². The summed E-state index contributed by atoms with van der Waals surface area (Å²) in [6.07, 6.45) is 1.39. The van der Waals surface area contributed by atoms with E-state index in [2.05, 4.69) is 0 Å². The van der Waals surface area contributed by atoms with Gasteiger partial charge in [-0.25, -0.2) is 4.79 Å². The van der Waals surface area contributed by atoms with Gasteiger partial charge in [0.1, 0.15) is 5.78 Å². The molecule has 1 saturated carbocycles. The predicted molar refractivity (Wildman–Crippen MR) is 117 cm³/mol. The van der Waals surface area contributed by atoms with Crippen molar-refractivity contribution in [1.29, 1.82) is 0 Å². The molecular formula is C23H29ClN2O4. The van der Waals surface area contributed by atoms with Gasteiger partial charge in [0.15, 0.2) is 0 Å². The first-order chi connectivity index (χ1) is 14.3. The Labute approximate surface area is 182 Å². The number of hydrogen-bond donors (Lipinski definition) is 1. The van der Waals surface area contributed by atoms with Gasteiger partial charge < -0.3 is 15.2 Å².